The minimum absolute atomic E-state index is 0.0956. The Bertz CT molecular complexity index is 3090. The molecule has 0 spiro atoms. The Balaban J connectivity index is 0.953. The number of fused-ring (bicyclic) bond motifs is 3. The van der Waals surface area contributed by atoms with Gasteiger partial charge in [-0.1, -0.05) is 191 Å². The van der Waals surface area contributed by atoms with E-state index in [1.54, 1.807) is 0 Å². The molecule has 322 valence electrons. The normalized spacial score (nSPS) is 17.1. The highest BCUT2D eigenvalue weighted by atomic mass is 15.1. The van der Waals surface area contributed by atoms with Crippen LogP contribution in [0.2, 0.25) is 0 Å². The van der Waals surface area contributed by atoms with Crippen molar-refractivity contribution in [2.45, 2.75) is 57.3 Å². The monoisotopic (exact) mass is 852 g/mol. The molecule has 66 heavy (non-hydrogen) atoms. The topological polar surface area (TPSA) is 6.48 Å². The van der Waals surface area contributed by atoms with Crippen molar-refractivity contribution in [3.63, 3.8) is 0 Å². The molecular weight excluding hydrogens is 797 g/mol. The van der Waals surface area contributed by atoms with E-state index in [-0.39, 0.29) is 10.8 Å². The van der Waals surface area contributed by atoms with E-state index in [4.69, 9.17) is 0 Å². The molecule has 2 aliphatic carbocycles. The molecule has 0 radical (unpaired) electrons. The van der Waals surface area contributed by atoms with Gasteiger partial charge < -0.3 is 9.80 Å². The van der Waals surface area contributed by atoms with Crippen LogP contribution >= 0.6 is 0 Å². The molecule has 2 aliphatic rings. The maximum absolute atomic E-state index is 2.48. The standard InChI is InChI=1S/C64H56N2/c1-46-19-16-17-44-64(46,50-32-38-55(39-33-50)65(52-24-12-6-13-25-52)54-36-30-48(31-37-54)47-20-8-4-9-21-47)51-34-40-56(41-35-51)66(53-26-14-7-15-27-53)57-42-43-59-61(45-57)63(2,3)60-29-18-28-58(62(59)60)49-22-10-5-11-23-49/h4-15,18,20-43,45-46H,16-17,19,44H2,1-3H3. The van der Waals surface area contributed by atoms with Gasteiger partial charge in [0, 0.05) is 45.0 Å². The van der Waals surface area contributed by atoms with Crippen LogP contribution in [0.25, 0.3) is 33.4 Å². The molecule has 2 unspecified atom stereocenters. The highest BCUT2D eigenvalue weighted by molar-refractivity contribution is 5.94. The molecular formula is C64H56N2. The van der Waals surface area contributed by atoms with Gasteiger partial charge in [-0.3, -0.25) is 0 Å². The van der Waals surface area contributed by atoms with Crippen LogP contribution in [0.15, 0.2) is 231 Å². The van der Waals surface area contributed by atoms with E-state index in [2.05, 4.69) is 261 Å². The maximum Gasteiger partial charge on any atom is 0.0465 e. The van der Waals surface area contributed by atoms with Crippen molar-refractivity contribution >= 4 is 34.1 Å². The summed E-state index contributed by atoms with van der Waals surface area (Å²) < 4.78 is 0. The summed E-state index contributed by atoms with van der Waals surface area (Å²) in [6.07, 6.45) is 4.83. The first-order chi connectivity index (χ1) is 32.4. The summed E-state index contributed by atoms with van der Waals surface area (Å²) in [6.45, 7) is 7.25. The summed E-state index contributed by atoms with van der Waals surface area (Å²) in [5.74, 6) is 0.491. The second kappa shape index (κ2) is 17.2. The van der Waals surface area contributed by atoms with Gasteiger partial charge in [0.05, 0.1) is 0 Å². The third-order valence-electron chi connectivity index (χ3n) is 14.9. The number of rotatable bonds is 10. The summed E-state index contributed by atoms with van der Waals surface area (Å²) in [5.41, 5.74) is 19.9. The van der Waals surface area contributed by atoms with Gasteiger partial charge in [-0.2, -0.15) is 0 Å². The van der Waals surface area contributed by atoms with Crippen molar-refractivity contribution in [2.24, 2.45) is 5.92 Å². The Morgan fingerprint density at radius 1 is 0.379 bits per heavy atom. The van der Waals surface area contributed by atoms with E-state index >= 15 is 0 Å². The van der Waals surface area contributed by atoms with Crippen LogP contribution in [-0.4, -0.2) is 0 Å². The van der Waals surface area contributed by atoms with Crippen LogP contribution in [0.4, 0.5) is 34.1 Å². The molecule has 0 bridgehead atoms. The van der Waals surface area contributed by atoms with Crippen molar-refractivity contribution in [1.82, 2.24) is 0 Å². The van der Waals surface area contributed by atoms with Gasteiger partial charge in [-0.15, -0.1) is 0 Å². The SMILES string of the molecule is CC1CCCCC1(c1ccc(N(c2ccccc2)c2ccc(-c3ccccc3)cc2)cc1)c1ccc(N(c2ccccc2)c2ccc3c(c2)C(C)(C)c2cccc(-c4ccccc4)c2-3)cc1. The Kier molecular flexibility index (Phi) is 10.7. The molecule has 0 heterocycles. The fourth-order valence-electron chi connectivity index (χ4n) is 11.4. The number of benzene rings is 9. The second-order valence-corrected chi connectivity index (χ2v) is 18.9. The molecule has 2 nitrogen and oxygen atoms in total. The fourth-order valence-corrected chi connectivity index (χ4v) is 11.4. The van der Waals surface area contributed by atoms with Crippen molar-refractivity contribution in [1.29, 1.82) is 0 Å². The average Bonchev–Trinajstić information content (AvgIpc) is 3.61. The Morgan fingerprint density at radius 2 is 0.833 bits per heavy atom. The van der Waals surface area contributed by atoms with E-state index < -0.39 is 0 Å². The predicted octanol–water partition coefficient (Wildman–Crippen LogP) is 17.8. The summed E-state index contributed by atoms with van der Waals surface area (Å²) >= 11 is 0. The molecule has 0 N–H and O–H groups in total. The lowest BCUT2D eigenvalue weighted by atomic mass is 9.60. The summed E-state index contributed by atoms with van der Waals surface area (Å²) in [4.78, 5) is 4.82. The van der Waals surface area contributed by atoms with Gasteiger partial charge in [0.15, 0.2) is 0 Å². The molecule has 0 aromatic heterocycles. The average molecular weight is 853 g/mol. The molecule has 1 saturated carbocycles. The third kappa shape index (κ3) is 7.22. The number of para-hydroxylation sites is 2. The first kappa shape index (κ1) is 41.3. The number of nitrogens with zero attached hydrogens (tertiary/aromatic N) is 2. The van der Waals surface area contributed by atoms with E-state index in [0.717, 1.165) is 34.9 Å². The Morgan fingerprint density at radius 3 is 1.38 bits per heavy atom. The molecule has 1 fully saturated rings. The van der Waals surface area contributed by atoms with Crippen LogP contribution in [0.1, 0.15) is 68.7 Å². The zero-order chi connectivity index (χ0) is 44.7. The largest absolute Gasteiger partial charge is 0.311 e. The number of anilines is 6. The summed E-state index contributed by atoms with van der Waals surface area (Å²) in [5, 5.41) is 0. The van der Waals surface area contributed by atoms with E-state index in [1.165, 1.54) is 80.6 Å². The molecule has 2 atom stereocenters. The van der Waals surface area contributed by atoms with Crippen molar-refractivity contribution in [3.05, 3.63) is 253 Å². The van der Waals surface area contributed by atoms with Crippen molar-refractivity contribution < 1.29 is 0 Å². The molecule has 0 amide bonds. The van der Waals surface area contributed by atoms with Gasteiger partial charge in [0.2, 0.25) is 0 Å². The maximum atomic E-state index is 2.48. The summed E-state index contributed by atoms with van der Waals surface area (Å²) in [7, 11) is 0. The minimum Gasteiger partial charge on any atom is -0.311 e. The first-order valence-electron chi connectivity index (χ1n) is 23.8. The van der Waals surface area contributed by atoms with E-state index in [1.807, 2.05) is 0 Å². The molecule has 0 aliphatic heterocycles. The van der Waals surface area contributed by atoms with Crippen LogP contribution in [0.5, 0.6) is 0 Å². The lowest BCUT2D eigenvalue weighted by Crippen LogP contribution is -2.37. The highest BCUT2D eigenvalue weighted by Gasteiger charge is 2.42. The van der Waals surface area contributed by atoms with Crippen LogP contribution in [0, 0.1) is 5.92 Å². The van der Waals surface area contributed by atoms with Crippen molar-refractivity contribution in [3.8, 4) is 33.4 Å². The smallest absolute Gasteiger partial charge is 0.0465 e. The van der Waals surface area contributed by atoms with E-state index in [0.29, 0.717) is 5.92 Å². The van der Waals surface area contributed by atoms with Gasteiger partial charge in [-0.05, 0) is 147 Å². The van der Waals surface area contributed by atoms with Gasteiger partial charge in [0.25, 0.3) is 0 Å². The third-order valence-corrected chi connectivity index (χ3v) is 14.9. The number of hydrogen-bond acceptors (Lipinski definition) is 2. The number of hydrogen-bond donors (Lipinski definition) is 0. The molecule has 0 saturated heterocycles. The van der Waals surface area contributed by atoms with Crippen molar-refractivity contribution in [2.75, 3.05) is 9.80 Å². The summed E-state index contributed by atoms with van der Waals surface area (Å²) in [6, 6.07) is 85.2. The molecule has 9 aromatic rings. The lowest BCUT2D eigenvalue weighted by Gasteiger charge is -2.44. The zero-order valence-corrected chi connectivity index (χ0v) is 38.2. The predicted molar refractivity (Wildman–Crippen MR) is 279 cm³/mol. The Hall–Kier alpha value is -7.42. The van der Waals surface area contributed by atoms with E-state index in [9.17, 15) is 0 Å². The highest BCUT2D eigenvalue weighted by Crippen LogP contribution is 2.54. The molecule has 2 heteroatoms. The molecule has 11 rings (SSSR count). The first-order valence-corrected chi connectivity index (χ1v) is 23.8. The molecule has 9 aromatic carbocycles. The Labute approximate surface area is 391 Å². The van der Waals surface area contributed by atoms with Crippen LogP contribution in [0.3, 0.4) is 0 Å². The van der Waals surface area contributed by atoms with Gasteiger partial charge in [-0.25, -0.2) is 0 Å². The van der Waals surface area contributed by atoms with Crippen LogP contribution in [-0.2, 0) is 10.8 Å². The zero-order valence-electron chi connectivity index (χ0n) is 38.2. The minimum atomic E-state index is -0.151. The van der Waals surface area contributed by atoms with Gasteiger partial charge in [0.1, 0.15) is 0 Å². The lowest BCUT2D eigenvalue weighted by molar-refractivity contribution is 0.244. The van der Waals surface area contributed by atoms with Gasteiger partial charge >= 0.3 is 0 Å². The quantitative estimate of drug-likeness (QED) is 0.135. The van der Waals surface area contributed by atoms with Crippen LogP contribution < -0.4 is 9.80 Å². The second-order valence-electron chi connectivity index (χ2n) is 18.9. The fraction of sp³-hybridized carbons (Fsp3) is 0.156.